The van der Waals surface area contributed by atoms with E-state index < -0.39 is 12.6 Å². The zero-order chi connectivity index (χ0) is 21.0. The van der Waals surface area contributed by atoms with Crippen molar-refractivity contribution in [3.63, 3.8) is 0 Å². The topological polar surface area (TPSA) is 54.7 Å². The van der Waals surface area contributed by atoms with Gasteiger partial charge in [-0.1, -0.05) is 24.1 Å². The smallest absolute Gasteiger partial charge is 0.393 e. The monoisotopic (exact) mass is 395 g/mol. The molecule has 6 heteroatoms. The van der Waals surface area contributed by atoms with Crippen LogP contribution in [0.4, 0.5) is 13.2 Å². The van der Waals surface area contributed by atoms with Gasteiger partial charge in [-0.3, -0.25) is 0 Å². The van der Waals surface area contributed by atoms with Crippen LogP contribution in [0.5, 0.6) is 0 Å². The minimum atomic E-state index is -4.29. The van der Waals surface area contributed by atoms with E-state index in [9.17, 15) is 18.4 Å². The van der Waals surface area contributed by atoms with Gasteiger partial charge < -0.3 is 10.3 Å². The zero-order valence-electron chi connectivity index (χ0n) is 16.0. The van der Waals surface area contributed by atoms with Gasteiger partial charge in [-0.2, -0.15) is 18.4 Å². The Hall–Kier alpha value is -3.38. The Labute approximate surface area is 167 Å². The van der Waals surface area contributed by atoms with Crippen LogP contribution in [-0.2, 0) is 6.54 Å². The van der Waals surface area contributed by atoms with Crippen LogP contribution in [-0.4, -0.2) is 10.7 Å². The molecule has 1 heterocycles. The molecule has 1 aromatic heterocycles. The first-order chi connectivity index (χ1) is 13.8. The Morgan fingerprint density at radius 1 is 1.21 bits per heavy atom. The predicted octanol–water partition coefficient (Wildman–Crippen LogP) is 3.30. The molecular formula is C23H20F3N3. The highest BCUT2D eigenvalue weighted by Crippen LogP contribution is 2.26. The van der Waals surface area contributed by atoms with Gasteiger partial charge in [0.2, 0.25) is 0 Å². The molecule has 2 N–H and O–H groups in total. The number of allylic oxidation sites excluding steroid dienone is 7. The second-order valence-corrected chi connectivity index (χ2v) is 6.75. The minimum absolute atomic E-state index is 0.195. The highest BCUT2D eigenvalue weighted by molar-refractivity contribution is 5.58. The van der Waals surface area contributed by atoms with E-state index in [1.54, 1.807) is 24.3 Å². The number of alkyl halides is 3. The average molecular weight is 395 g/mol. The molecule has 0 atom stereocenters. The average Bonchev–Trinajstić information content (AvgIpc) is 2.81. The van der Waals surface area contributed by atoms with E-state index in [-0.39, 0.29) is 5.57 Å². The summed E-state index contributed by atoms with van der Waals surface area (Å²) in [5.74, 6) is 6.16. The zero-order valence-corrected chi connectivity index (χ0v) is 16.0. The van der Waals surface area contributed by atoms with Gasteiger partial charge in [-0.05, 0) is 55.6 Å². The van der Waals surface area contributed by atoms with Gasteiger partial charge in [0.05, 0.1) is 17.3 Å². The largest absolute Gasteiger partial charge is 0.399 e. The summed E-state index contributed by atoms with van der Waals surface area (Å²) in [6.07, 6.45) is 7.87. The Balaban J connectivity index is 2.14. The molecule has 1 aromatic rings. The van der Waals surface area contributed by atoms with Crippen molar-refractivity contribution in [2.75, 3.05) is 0 Å². The minimum Gasteiger partial charge on any atom is -0.399 e. The van der Waals surface area contributed by atoms with Crippen LogP contribution in [0, 0.1) is 23.2 Å². The molecule has 148 valence electrons. The molecule has 0 saturated heterocycles. The van der Waals surface area contributed by atoms with Gasteiger partial charge in [0, 0.05) is 23.0 Å². The third kappa shape index (κ3) is 4.73. The fourth-order valence-corrected chi connectivity index (χ4v) is 3.38. The molecule has 0 bridgehead atoms. The first-order valence-corrected chi connectivity index (χ1v) is 9.27. The summed E-state index contributed by atoms with van der Waals surface area (Å²) < 4.78 is 40.5. The number of hydrogen-bond donors (Lipinski definition) is 1. The van der Waals surface area contributed by atoms with Crippen molar-refractivity contribution in [1.29, 1.82) is 5.26 Å². The van der Waals surface area contributed by atoms with Crippen molar-refractivity contribution >= 4 is 12.2 Å². The van der Waals surface area contributed by atoms with E-state index in [0.29, 0.717) is 46.9 Å². The second-order valence-electron chi connectivity index (χ2n) is 6.75. The Morgan fingerprint density at radius 2 is 2.00 bits per heavy atom. The summed E-state index contributed by atoms with van der Waals surface area (Å²) in [4.78, 5) is 0. The number of hydrogen-bond acceptors (Lipinski definition) is 2. The Kier molecular flexibility index (Phi) is 5.84. The normalized spacial score (nSPS) is 15.8. The number of nitriles is 1. The third-order valence-electron chi connectivity index (χ3n) is 4.67. The molecule has 0 aromatic carbocycles. The number of aromatic nitrogens is 1. The van der Waals surface area contributed by atoms with Gasteiger partial charge in [0.1, 0.15) is 11.8 Å². The van der Waals surface area contributed by atoms with Crippen molar-refractivity contribution in [2.45, 2.75) is 38.9 Å². The van der Waals surface area contributed by atoms with Crippen LogP contribution in [0.15, 0.2) is 47.2 Å². The molecule has 0 saturated carbocycles. The summed E-state index contributed by atoms with van der Waals surface area (Å²) in [5, 5.41) is 11.0. The molecule has 0 unspecified atom stereocenters. The lowest BCUT2D eigenvalue weighted by molar-refractivity contribution is -0.126. The molecule has 3 rings (SSSR count). The van der Waals surface area contributed by atoms with Gasteiger partial charge in [0.25, 0.3) is 0 Å². The molecule has 0 amide bonds. The van der Waals surface area contributed by atoms with E-state index in [1.165, 1.54) is 6.08 Å². The van der Waals surface area contributed by atoms with E-state index >= 15 is 0 Å². The number of rotatable bonds is 2. The lowest BCUT2D eigenvalue weighted by Gasteiger charge is -2.07. The maximum atomic E-state index is 12.9. The standard InChI is InChI=1S/C23H20F3N3/c1-2-29-21(12-10-16-5-3-7-18(28)11-9-16)20(15-27)19-8-4-6-17(13-22(19)29)14-23(24,25)26/h3,6-9,11,13H,2,4-5,14,28H2,1H3. The van der Waals surface area contributed by atoms with Gasteiger partial charge in [-0.15, -0.1) is 0 Å². The van der Waals surface area contributed by atoms with Crippen LogP contribution in [0.2, 0.25) is 0 Å². The number of fused-ring (bicyclic) bond motifs is 1. The fourth-order valence-electron chi connectivity index (χ4n) is 3.38. The van der Waals surface area contributed by atoms with Crippen LogP contribution in [0.3, 0.4) is 0 Å². The summed E-state index contributed by atoms with van der Waals surface area (Å²) in [5.41, 5.74) is 8.36. The van der Waals surface area contributed by atoms with Crippen molar-refractivity contribution in [2.24, 2.45) is 5.73 Å². The molecule has 29 heavy (non-hydrogen) atoms. The van der Waals surface area contributed by atoms with Gasteiger partial charge in [0.15, 0.2) is 0 Å². The quantitative estimate of drug-likeness (QED) is 0.782. The molecule has 0 spiro atoms. The van der Waals surface area contributed by atoms with Crippen molar-refractivity contribution in [3.05, 3.63) is 69.0 Å². The lowest BCUT2D eigenvalue weighted by atomic mass is 10.1. The Bertz CT molecular complexity index is 1170. The van der Waals surface area contributed by atoms with Crippen LogP contribution in [0.25, 0.3) is 12.2 Å². The first-order valence-electron chi connectivity index (χ1n) is 9.27. The summed E-state index contributed by atoms with van der Waals surface area (Å²) in [6, 6.07) is 2.19. The van der Waals surface area contributed by atoms with Crippen molar-refractivity contribution in [3.8, 4) is 17.9 Å². The molecule has 3 nitrogen and oxygen atoms in total. The summed E-state index contributed by atoms with van der Waals surface area (Å²) in [7, 11) is 0. The first kappa shape index (κ1) is 20.4. The summed E-state index contributed by atoms with van der Waals surface area (Å²) in [6.45, 7) is 2.37. The van der Waals surface area contributed by atoms with E-state index in [4.69, 9.17) is 5.73 Å². The highest BCUT2D eigenvalue weighted by atomic mass is 19.4. The third-order valence-corrected chi connectivity index (χ3v) is 4.67. The van der Waals surface area contributed by atoms with Crippen LogP contribution < -0.4 is 16.3 Å². The van der Waals surface area contributed by atoms with Gasteiger partial charge in [-0.25, -0.2) is 0 Å². The fraction of sp³-hybridized carbons (Fsp3) is 0.261. The van der Waals surface area contributed by atoms with E-state index in [1.807, 2.05) is 23.6 Å². The highest BCUT2D eigenvalue weighted by Gasteiger charge is 2.28. The lowest BCUT2D eigenvalue weighted by Crippen LogP contribution is -2.30. The van der Waals surface area contributed by atoms with E-state index in [0.717, 1.165) is 5.57 Å². The second kappa shape index (κ2) is 8.32. The summed E-state index contributed by atoms with van der Waals surface area (Å²) >= 11 is 0. The maximum Gasteiger partial charge on any atom is 0.393 e. The van der Waals surface area contributed by atoms with Crippen LogP contribution >= 0.6 is 0 Å². The molecule has 2 aliphatic rings. The molecular weight excluding hydrogens is 375 g/mol. The number of nitrogens with two attached hydrogens (primary N) is 1. The van der Waals surface area contributed by atoms with Crippen molar-refractivity contribution in [1.82, 2.24) is 4.57 Å². The molecule has 0 fully saturated rings. The number of halogens is 3. The van der Waals surface area contributed by atoms with Crippen molar-refractivity contribution < 1.29 is 13.2 Å². The van der Waals surface area contributed by atoms with E-state index in [2.05, 4.69) is 17.9 Å². The SMILES string of the molecule is CCn1c(C#CC2=CC=C(N)C=CC2)c(C#N)c2c1=CC(CC(F)(F)F)=CCC=2. The predicted molar refractivity (Wildman–Crippen MR) is 107 cm³/mol. The van der Waals surface area contributed by atoms with Crippen LogP contribution in [0.1, 0.15) is 37.4 Å². The number of nitrogens with zero attached hydrogens (tertiary/aromatic N) is 2. The maximum absolute atomic E-state index is 12.9. The molecule has 0 aliphatic heterocycles. The molecule has 0 radical (unpaired) electrons. The van der Waals surface area contributed by atoms with Gasteiger partial charge >= 0.3 is 6.18 Å². The Morgan fingerprint density at radius 3 is 2.69 bits per heavy atom. The molecule has 2 aliphatic carbocycles.